The Bertz CT molecular complexity index is 513. The fraction of sp³-hybridized carbons (Fsp3) is 0.385. The molecule has 1 amide bonds. The van der Waals surface area contributed by atoms with Gasteiger partial charge < -0.3 is 10.6 Å². The van der Waals surface area contributed by atoms with Crippen molar-refractivity contribution in [1.29, 1.82) is 0 Å². The molecule has 20 heavy (non-hydrogen) atoms. The van der Waals surface area contributed by atoms with Gasteiger partial charge in [0, 0.05) is 25.5 Å². The first-order valence-corrected chi connectivity index (χ1v) is 5.92. The molecule has 0 aliphatic rings. The van der Waals surface area contributed by atoms with E-state index in [1.54, 1.807) is 7.05 Å². The SMILES string of the molecule is CNCCC(=O)c1ccc(C(F)(F)F)cc1NC(C)=O. The molecule has 0 radical (unpaired) electrons. The number of ketones is 1. The average Bonchev–Trinajstić information content (AvgIpc) is 2.34. The third kappa shape index (κ3) is 4.34. The van der Waals surface area contributed by atoms with Crippen LogP contribution in [0.4, 0.5) is 18.9 Å². The van der Waals surface area contributed by atoms with Crippen LogP contribution < -0.4 is 10.6 Å². The van der Waals surface area contributed by atoms with Gasteiger partial charge in [0.15, 0.2) is 5.78 Å². The third-order valence-corrected chi connectivity index (χ3v) is 2.56. The van der Waals surface area contributed by atoms with Crippen LogP contribution >= 0.6 is 0 Å². The Hall–Kier alpha value is -1.89. The van der Waals surface area contributed by atoms with Gasteiger partial charge in [0.2, 0.25) is 5.91 Å². The van der Waals surface area contributed by atoms with Crippen LogP contribution in [0.15, 0.2) is 18.2 Å². The molecule has 0 saturated carbocycles. The van der Waals surface area contributed by atoms with E-state index in [0.29, 0.717) is 6.54 Å². The number of nitrogens with one attached hydrogen (secondary N) is 2. The molecule has 0 aliphatic heterocycles. The minimum Gasteiger partial charge on any atom is -0.326 e. The van der Waals surface area contributed by atoms with Crippen molar-refractivity contribution >= 4 is 17.4 Å². The van der Waals surface area contributed by atoms with Gasteiger partial charge in [-0.15, -0.1) is 0 Å². The molecule has 1 rings (SSSR count). The molecule has 1 aromatic carbocycles. The molecule has 0 saturated heterocycles. The first-order chi connectivity index (χ1) is 9.25. The molecule has 4 nitrogen and oxygen atoms in total. The molecule has 0 bridgehead atoms. The molecule has 0 aromatic heterocycles. The fourth-order valence-electron chi connectivity index (χ4n) is 1.63. The molecule has 7 heteroatoms. The number of carbonyl (C=O) groups is 2. The molecule has 110 valence electrons. The van der Waals surface area contributed by atoms with Crippen LogP contribution in [0.5, 0.6) is 0 Å². The second-order valence-electron chi connectivity index (χ2n) is 4.22. The van der Waals surface area contributed by atoms with Crippen LogP contribution in [0.3, 0.4) is 0 Å². The number of rotatable bonds is 5. The summed E-state index contributed by atoms with van der Waals surface area (Å²) in [6.07, 6.45) is -4.39. The zero-order valence-electron chi connectivity index (χ0n) is 11.1. The number of amides is 1. The summed E-state index contributed by atoms with van der Waals surface area (Å²) in [5.41, 5.74) is -0.955. The smallest absolute Gasteiger partial charge is 0.326 e. The van der Waals surface area contributed by atoms with Gasteiger partial charge in [0.05, 0.1) is 11.3 Å². The van der Waals surface area contributed by atoms with E-state index < -0.39 is 17.6 Å². The predicted octanol–water partition coefficient (Wildman–Crippen LogP) is 2.46. The first-order valence-electron chi connectivity index (χ1n) is 5.92. The zero-order valence-corrected chi connectivity index (χ0v) is 11.1. The van der Waals surface area contributed by atoms with Crippen molar-refractivity contribution in [2.75, 3.05) is 18.9 Å². The lowest BCUT2D eigenvalue weighted by Gasteiger charge is -2.13. The second kappa shape index (κ2) is 6.51. The van der Waals surface area contributed by atoms with Crippen molar-refractivity contribution in [3.05, 3.63) is 29.3 Å². The zero-order chi connectivity index (χ0) is 15.3. The van der Waals surface area contributed by atoms with Crippen molar-refractivity contribution in [2.45, 2.75) is 19.5 Å². The van der Waals surface area contributed by atoms with Gasteiger partial charge in [0.1, 0.15) is 0 Å². The Morgan fingerprint density at radius 1 is 1.25 bits per heavy atom. The van der Waals surface area contributed by atoms with Crippen LogP contribution in [0.25, 0.3) is 0 Å². The highest BCUT2D eigenvalue weighted by Gasteiger charge is 2.31. The summed E-state index contributed by atoms with van der Waals surface area (Å²) in [7, 11) is 1.66. The maximum Gasteiger partial charge on any atom is 0.416 e. The molecule has 0 heterocycles. The van der Waals surface area contributed by atoms with Crippen molar-refractivity contribution < 1.29 is 22.8 Å². The van der Waals surface area contributed by atoms with E-state index in [-0.39, 0.29) is 23.5 Å². The highest BCUT2D eigenvalue weighted by Crippen LogP contribution is 2.32. The lowest BCUT2D eigenvalue weighted by Crippen LogP contribution is -2.17. The quantitative estimate of drug-likeness (QED) is 0.818. The molecule has 0 fully saturated rings. The van der Waals surface area contributed by atoms with E-state index in [1.807, 2.05) is 0 Å². The molecule has 1 aromatic rings. The van der Waals surface area contributed by atoms with Crippen molar-refractivity contribution in [3.8, 4) is 0 Å². The summed E-state index contributed by atoms with van der Waals surface area (Å²) in [5, 5.41) is 5.04. The number of anilines is 1. The highest BCUT2D eigenvalue weighted by atomic mass is 19.4. The largest absolute Gasteiger partial charge is 0.416 e. The topological polar surface area (TPSA) is 58.2 Å². The monoisotopic (exact) mass is 288 g/mol. The highest BCUT2D eigenvalue weighted by molar-refractivity contribution is 6.04. The first kappa shape index (κ1) is 16.2. The lowest BCUT2D eigenvalue weighted by atomic mass is 10.0. The van der Waals surface area contributed by atoms with Gasteiger partial charge in [-0.2, -0.15) is 13.2 Å². The number of hydrogen-bond acceptors (Lipinski definition) is 3. The fourth-order valence-corrected chi connectivity index (χ4v) is 1.63. The predicted molar refractivity (Wildman–Crippen MR) is 68.6 cm³/mol. The maximum atomic E-state index is 12.6. The Morgan fingerprint density at radius 2 is 1.90 bits per heavy atom. The van der Waals surface area contributed by atoms with Gasteiger partial charge in [-0.1, -0.05) is 0 Å². The van der Waals surface area contributed by atoms with E-state index >= 15 is 0 Å². The van der Waals surface area contributed by atoms with Crippen LogP contribution in [0.2, 0.25) is 0 Å². The summed E-state index contributed by atoms with van der Waals surface area (Å²) >= 11 is 0. The minimum atomic E-state index is -4.53. The normalized spacial score (nSPS) is 11.2. The number of halogens is 3. The third-order valence-electron chi connectivity index (χ3n) is 2.56. The number of hydrogen-bond donors (Lipinski definition) is 2. The summed E-state index contributed by atoms with van der Waals surface area (Å²) in [6.45, 7) is 1.57. The van der Waals surface area contributed by atoms with E-state index in [1.165, 1.54) is 6.92 Å². The maximum absolute atomic E-state index is 12.6. The average molecular weight is 288 g/mol. The lowest BCUT2D eigenvalue weighted by molar-refractivity contribution is -0.137. The summed E-state index contributed by atoms with van der Waals surface area (Å²) in [5.74, 6) is -0.871. The number of benzene rings is 1. The van der Waals surface area contributed by atoms with Crippen LogP contribution in [-0.2, 0) is 11.0 Å². The standard InChI is InChI=1S/C13H15F3N2O2/c1-8(19)18-11-7-9(13(14,15)16)3-4-10(11)12(20)5-6-17-2/h3-4,7,17H,5-6H2,1-2H3,(H,18,19). The van der Waals surface area contributed by atoms with Gasteiger partial charge in [-0.3, -0.25) is 9.59 Å². The van der Waals surface area contributed by atoms with Crippen LogP contribution in [0.1, 0.15) is 29.3 Å². The number of carbonyl (C=O) groups excluding carboxylic acids is 2. The van der Waals surface area contributed by atoms with E-state index in [4.69, 9.17) is 0 Å². The van der Waals surface area contributed by atoms with Gasteiger partial charge in [-0.25, -0.2) is 0 Å². The van der Waals surface area contributed by atoms with Crippen molar-refractivity contribution in [1.82, 2.24) is 5.32 Å². The molecular formula is C13H15F3N2O2. The molecule has 0 aliphatic carbocycles. The minimum absolute atomic E-state index is 0.0726. The van der Waals surface area contributed by atoms with E-state index in [2.05, 4.69) is 10.6 Å². The van der Waals surface area contributed by atoms with Crippen molar-refractivity contribution in [3.63, 3.8) is 0 Å². The van der Waals surface area contributed by atoms with Gasteiger partial charge in [-0.05, 0) is 25.2 Å². The Balaban J connectivity index is 3.16. The summed E-state index contributed by atoms with van der Waals surface area (Å²) in [6, 6.07) is 2.69. The summed E-state index contributed by atoms with van der Waals surface area (Å²) in [4.78, 5) is 22.9. The van der Waals surface area contributed by atoms with Crippen LogP contribution in [0, 0.1) is 0 Å². The summed E-state index contributed by atoms with van der Waals surface area (Å²) < 4.78 is 37.9. The Labute approximate surface area is 114 Å². The second-order valence-corrected chi connectivity index (χ2v) is 4.22. The number of Topliss-reactive ketones (excluding diaryl/α,β-unsaturated/α-hetero) is 1. The Morgan fingerprint density at radius 3 is 2.40 bits per heavy atom. The van der Waals surface area contributed by atoms with E-state index in [9.17, 15) is 22.8 Å². The molecule has 2 N–H and O–H groups in total. The molecular weight excluding hydrogens is 273 g/mol. The van der Waals surface area contributed by atoms with Gasteiger partial charge in [0.25, 0.3) is 0 Å². The molecule has 0 spiro atoms. The van der Waals surface area contributed by atoms with E-state index in [0.717, 1.165) is 18.2 Å². The van der Waals surface area contributed by atoms with Gasteiger partial charge >= 0.3 is 6.18 Å². The van der Waals surface area contributed by atoms with Crippen molar-refractivity contribution in [2.24, 2.45) is 0 Å². The molecule has 0 atom stereocenters. The molecule has 0 unspecified atom stereocenters. The number of alkyl halides is 3. The Kier molecular flexibility index (Phi) is 5.26. The van der Waals surface area contributed by atoms with Crippen LogP contribution in [-0.4, -0.2) is 25.3 Å².